The molecule has 0 aliphatic carbocycles. The number of para-hydroxylation sites is 1. The summed E-state index contributed by atoms with van der Waals surface area (Å²) >= 11 is 9.10. The Bertz CT molecular complexity index is 1150. The summed E-state index contributed by atoms with van der Waals surface area (Å²) in [5, 5.41) is 3.48. The molecule has 1 N–H and O–H groups in total. The zero-order valence-electron chi connectivity index (χ0n) is 16.4. The molecule has 0 saturated heterocycles. The van der Waals surface area contributed by atoms with E-state index in [4.69, 9.17) is 21.1 Å². The second-order valence-corrected chi connectivity index (χ2v) is 9.27. The molecule has 0 atom stereocenters. The molecule has 0 aliphatic rings. The summed E-state index contributed by atoms with van der Waals surface area (Å²) in [5.74, 6) is 2.04. The molecule has 0 bridgehead atoms. The SMILES string of the molecule is O=C(COc1ccc(Cl)cc1)Nc1ccc2nc(SCCOc3ccccc3)sc2c1. The smallest absolute Gasteiger partial charge is 0.262 e. The van der Waals surface area contributed by atoms with E-state index in [2.05, 4.69) is 10.3 Å². The molecular formula is C23H19ClN2O3S2. The average Bonchev–Trinajstić information content (AvgIpc) is 3.19. The van der Waals surface area contributed by atoms with Gasteiger partial charge >= 0.3 is 0 Å². The molecule has 158 valence electrons. The van der Waals surface area contributed by atoms with Crippen LogP contribution in [0.25, 0.3) is 10.2 Å². The Morgan fingerprint density at radius 2 is 1.77 bits per heavy atom. The molecule has 3 aromatic carbocycles. The summed E-state index contributed by atoms with van der Waals surface area (Å²) in [5.41, 5.74) is 1.62. The van der Waals surface area contributed by atoms with Crippen molar-refractivity contribution in [3.63, 3.8) is 0 Å². The number of carbonyl (C=O) groups is 1. The van der Waals surface area contributed by atoms with Crippen LogP contribution in [0.5, 0.6) is 11.5 Å². The van der Waals surface area contributed by atoms with Crippen molar-refractivity contribution in [1.82, 2.24) is 4.98 Å². The first-order chi connectivity index (χ1) is 15.2. The fourth-order valence-corrected chi connectivity index (χ4v) is 4.85. The number of carbonyl (C=O) groups excluding carboxylic acids is 1. The van der Waals surface area contributed by atoms with Crippen LogP contribution in [0.1, 0.15) is 0 Å². The number of amides is 1. The van der Waals surface area contributed by atoms with Gasteiger partial charge in [-0.25, -0.2) is 4.98 Å². The molecule has 0 aliphatic heterocycles. The van der Waals surface area contributed by atoms with E-state index >= 15 is 0 Å². The van der Waals surface area contributed by atoms with Gasteiger partial charge in [-0.05, 0) is 54.6 Å². The number of benzene rings is 3. The van der Waals surface area contributed by atoms with Crippen LogP contribution in [0.3, 0.4) is 0 Å². The minimum atomic E-state index is -0.230. The zero-order chi connectivity index (χ0) is 21.5. The number of halogens is 1. The molecule has 5 nitrogen and oxygen atoms in total. The van der Waals surface area contributed by atoms with Crippen molar-refractivity contribution in [1.29, 1.82) is 0 Å². The summed E-state index contributed by atoms with van der Waals surface area (Å²) < 4.78 is 13.2. The van der Waals surface area contributed by atoms with Gasteiger partial charge < -0.3 is 14.8 Å². The topological polar surface area (TPSA) is 60.5 Å². The van der Waals surface area contributed by atoms with Gasteiger partial charge in [-0.1, -0.05) is 41.6 Å². The lowest BCUT2D eigenvalue weighted by Crippen LogP contribution is -2.20. The van der Waals surface area contributed by atoms with Gasteiger partial charge in [0.05, 0.1) is 16.8 Å². The van der Waals surface area contributed by atoms with Crippen LogP contribution in [-0.2, 0) is 4.79 Å². The van der Waals surface area contributed by atoms with Gasteiger partial charge in [0.25, 0.3) is 5.91 Å². The quantitative estimate of drug-likeness (QED) is 0.235. The van der Waals surface area contributed by atoms with Gasteiger partial charge in [-0.2, -0.15) is 0 Å². The summed E-state index contributed by atoms with van der Waals surface area (Å²) in [6.07, 6.45) is 0. The first kappa shape index (κ1) is 21.5. The van der Waals surface area contributed by atoms with Crippen molar-refractivity contribution in [3.8, 4) is 11.5 Å². The van der Waals surface area contributed by atoms with Gasteiger partial charge in [0.1, 0.15) is 11.5 Å². The van der Waals surface area contributed by atoms with E-state index in [-0.39, 0.29) is 12.5 Å². The summed E-state index contributed by atoms with van der Waals surface area (Å²) in [7, 11) is 0. The van der Waals surface area contributed by atoms with E-state index in [1.165, 1.54) is 0 Å². The number of anilines is 1. The maximum absolute atomic E-state index is 12.2. The highest BCUT2D eigenvalue weighted by Crippen LogP contribution is 2.31. The number of thioether (sulfide) groups is 1. The highest BCUT2D eigenvalue weighted by atomic mass is 35.5. The van der Waals surface area contributed by atoms with Crippen molar-refractivity contribution in [3.05, 3.63) is 77.8 Å². The lowest BCUT2D eigenvalue weighted by Gasteiger charge is -2.07. The number of hydrogen-bond donors (Lipinski definition) is 1. The van der Waals surface area contributed by atoms with Crippen molar-refractivity contribution in [2.24, 2.45) is 0 Å². The minimum Gasteiger partial charge on any atom is -0.493 e. The van der Waals surface area contributed by atoms with Crippen LogP contribution in [0.15, 0.2) is 77.1 Å². The summed E-state index contributed by atoms with van der Waals surface area (Å²) in [6, 6.07) is 22.3. The molecule has 0 saturated carbocycles. The van der Waals surface area contributed by atoms with Gasteiger partial charge in [0.15, 0.2) is 10.9 Å². The molecule has 0 unspecified atom stereocenters. The normalized spacial score (nSPS) is 10.7. The Labute approximate surface area is 193 Å². The van der Waals surface area contributed by atoms with Crippen molar-refractivity contribution in [2.45, 2.75) is 4.34 Å². The average molecular weight is 471 g/mol. The highest BCUT2D eigenvalue weighted by molar-refractivity contribution is 8.01. The predicted molar refractivity (Wildman–Crippen MR) is 128 cm³/mol. The van der Waals surface area contributed by atoms with E-state index in [1.54, 1.807) is 47.4 Å². The highest BCUT2D eigenvalue weighted by Gasteiger charge is 2.08. The molecule has 0 radical (unpaired) electrons. The van der Waals surface area contributed by atoms with Crippen LogP contribution in [-0.4, -0.2) is 29.9 Å². The van der Waals surface area contributed by atoms with Gasteiger partial charge in [-0.15, -0.1) is 11.3 Å². The van der Waals surface area contributed by atoms with Crippen LogP contribution in [0, 0.1) is 0 Å². The fourth-order valence-electron chi connectivity index (χ4n) is 2.72. The Hall–Kier alpha value is -2.74. The molecule has 1 amide bonds. The monoisotopic (exact) mass is 470 g/mol. The van der Waals surface area contributed by atoms with Crippen molar-refractivity contribution >= 4 is 56.5 Å². The molecule has 0 spiro atoms. The Kier molecular flexibility index (Phi) is 7.30. The van der Waals surface area contributed by atoms with Crippen molar-refractivity contribution in [2.75, 3.05) is 24.3 Å². The van der Waals surface area contributed by atoms with Crippen LogP contribution >= 0.6 is 34.7 Å². The third-order valence-electron chi connectivity index (χ3n) is 4.16. The first-order valence-corrected chi connectivity index (χ1v) is 11.7. The van der Waals surface area contributed by atoms with Crippen LogP contribution in [0.4, 0.5) is 5.69 Å². The second-order valence-electron chi connectivity index (χ2n) is 6.46. The van der Waals surface area contributed by atoms with E-state index in [9.17, 15) is 4.79 Å². The predicted octanol–water partition coefficient (Wildman–Crippen LogP) is 6.14. The van der Waals surface area contributed by atoms with Crippen LogP contribution < -0.4 is 14.8 Å². The fraction of sp³-hybridized carbons (Fsp3) is 0.130. The number of aromatic nitrogens is 1. The zero-order valence-corrected chi connectivity index (χ0v) is 18.8. The Balaban J connectivity index is 1.27. The number of rotatable bonds is 9. The van der Waals surface area contributed by atoms with E-state index in [1.807, 2.05) is 48.5 Å². The largest absolute Gasteiger partial charge is 0.493 e. The number of thiazole rings is 1. The van der Waals surface area contributed by atoms with E-state index < -0.39 is 0 Å². The van der Waals surface area contributed by atoms with E-state index in [0.717, 1.165) is 26.1 Å². The number of ether oxygens (including phenoxy) is 2. The molecular weight excluding hydrogens is 452 g/mol. The minimum absolute atomic E-state index is 0.0785. The molecule has 1 heterocycles. The number of fused-ring (bicyclic) bond motifs is 1. The molecule has 4 aromatic rings. The maximum atomic E-state index is 12.2. The Morgan fingerprint density at radius 1 is 1.00 bits per heavy atom. The second kappa shape index (κ2) is 10.5. The van der Waals surface area contributed by atoms with Crippen molar-refractivity contribution < 1.29 is 14.3 Å². The number of nitrogens with zero attached hydrogens (tertiary/aromatic N) is 1. The third kappa shape index (κ3) is 6.37. The lowest BCUT2D eigenvalue weighted by molar-refractivity contribution is -0.118. The molecule has 8 heteroatoms. The van der Waals surface area contributed by atoms with Gasteiger partial charge in [0, 0.05) is 16.5 Å². The standard InChI is InChI=1S/C23H19ClN2O3S2/c24-16-6-9-19(10-7-16)29-15-22(27)25-17-8-11-20-21(14-17)31-23(26-20)30-13-12-28-18-4-2-1-3-5-18/h1-11,14H,12-13,15H2,(H,25,27). The van der Waals surface area contributed by atoms with Crippen LogP contribution in [0.2, 0.25) is 5.02 Å². The first-order valence-electron chi connectivity index (χ1n) is 9.55. The van der Waals surface area contributed by atoms with Gasteiger partial charge in [0.2, 0.25) is 0 Å². The Morgan fingerprint density at radius 3 is 2.58 bits per heavy atom. The van der Waals surface area contributed by atoms with E-state index in [0.29, 0.717) is 23.1 Å². The molecule has 1 aromatic heterocycles. The number of nitrogens with one attached hydrogen (secondary N) is 1. The lowest BCUT2D eigenvalue weighted by atomic mass is 10.3. The maximum Gasteiger partial charge on any atom is 0.262 e. The summed E-state index contributed by atoms with van der Waals surface area (Å²) in [6.45, 7) is 0.532. The molecule has 0 fully saturated rings. The third-order valence-corrected chi connectivity index (χ3v) is 6.53. The summed E-state index contributed by atoms with van der Waals surface area (Å²) in [4.78, 5) is 16.8. The molecule has 4 rings (SSSR count). The van der Waals surface area contributed by atoms with Gasteiger partial charge in [-0.3, -0.25) is 4.79 Å². The number of hydrogen-bond acceptors (Lipinski definition) is 6. The molecule has 31 heavy (non-hydrogen) atoms.